The number of anilines is 1. The van der Waals surface area contributed by atoms with E-state index in [9.17, 15) is 0 Å². The molecule has 0 radical (unpaired) electrons. The normalized spacial score (nSPS) is 21.9. The second kappa shape index (κ2) is 5.72. The molecule has 2 aliphatic rings. The van der Waals surface area contributed by atoms with Crippen LogP contribution in [0.25, 0.3) is 0 Å². The molecule has 18 heavy (non-hydrogen) atoms. The van der Waals surface area contributed by atoms with Crippen LogP contribution in [-0.4, -0.2) is 25.8 Å². The first kappa shape index (κ1) is 12.0. The van der Waals surface area contributed by atoms with Crippen molar-refractivity contribution >= 4 is 5.69 Å². The van der Waals surface area contributed by atoms with E-state index in [-0.39, 0.29) is 0 Å². The predicted molar refractivity (Wildman–Crippen MR) is 73.9 cm³/mol. The van der Waals surface area contributed by atoms with E-state index in [2.05, 4.69) is 28.8 Å². The van der Waals surface area contributed by atoms with Crippen molar-refractivity contribution in [2.24, 2.45) is 0 Å². The first-order valence-electron chi connectivity index (χ1n) is 7.10. The van der Waals surface area contributed by atoms with E-state index in [1.54, 1.807) is 0 Å². The van der Waals surface area contributed by atoms with Gasteiger partial charge in [0.25, 0.3) is 0 Å². The van der Waals surface area contributed by atoms with E-state index in [1.807, 2.05) is 0 Å². The average molecular weight is 246 g/mol. The molecule has 0 aromatic heterocycles. The van der Waals surface area contributed by atoms with Gasteiger partial charge in [-0.15, -0.1) is 0 Å². The van der Waals surface area contributed by atoms with E-state index >= 15 is 0 Å². The van der Waals surface area contributed by atoms with Gasteiger partial charge in [0.1, 0.15) is 0 Å². The van der Waals surface area contributed by atoms with Crippen LogP contribution in [0.5, 0.6) is 0 Å². The minimum Gasteiger partial charge on any atom is -0.384 e. The molecule has 0 amide bonds. The zero-order valence-electron chi connectivity index (χ0n) is 10.9. The highest BCUT2D eigenvalue weighted by atomic mass is 16.5. The zero-order valence-corrected chi connectivity index (χ0v) is 10.9. The van der Waals surface area contributed by atoms with Gasteiger partial charge in [-0.25, -0.2) is 0 Å². The molecule has 2 N–H and O–H groups in total. The van der Waals surface area contributed by atoms with Crippen LogP contribution in [0, 0.1) is 0 Å². The van der Waals surface area contributed by atoms with Crippen LogP contribution in [0.15, 0.2) is 18.2 Å². The first-order chi connectivity index (χ1) is 8.93. The van der Waals surface area contributed by atoms with Crippen LogP contribution in [0.4, 0.5) is 5.69 Å². The third-order valence-corrected chi connectivity index (χ3v) is 3.92. The van der Waals surface area contributed by atoms with Gasteiger partial charge in [-0.3, -0.25) is 0 Å². The molecule has 98 valence electrons. The van der Waals surface area contributed by atoms with Crippen molar-refractivity contribution in [1.29, 1.82) is 0 Å². The van der Waals surface area contributed by atoms with Crippen molar-refractivity contribution in [3.63, 3.8) is 0 Å². The summed E-state index contributed by atoms with van der Waals surface area (Å²) in [7, 11) is 0. The molecule has 0 spiro atoms. The Morgan fingerprint density at radius 3 is 3.28 bits per heavy atom. The van der Waals surface area contributed by atoms with Crippen molar-refractivity contribution in [2.45, 2.75) is 38.3 Å². The Kier molecular flexibility index (Phi) is 3.81. The summed E-state index contributed by atoms with van der Waals surface area (Å²) in [6, 6.07) is 6.62. The van der Waals surface area contributed by atoms with E-state index in [4.69, 9.17) is 4.74 Å². The van der Waals surface area contributed by atoms with Gasteiger partial charge in [0.15, 0.2) is 0 Å². The summed E-state index contributed by atoms with van der Waals surface area (Å²) in [5.74, 6) is 0. The Balaban J connectivity index is 1.47. The van der Waals surface area contributed by atoms with Crippen molar-refractivity contribution in [2.75, 3.05) is 25.0 Å². The molecule has 0 aliphatic carbocycles. The topological polar surface area (TPSA) is 33.3 Å². The molecular formula is C15H22N2O. The maximum Gasteiger partial charge on any atom is 0.0588 e. The van der Waals surface area contributed by atoms with Crippen LogP contribution in [-0.2, 0) is 17.7 Å². The Morgan fingerprint density at radius 2 is 2.39 bits per heavy atom. The molecule has 1 fully saturated rings. The number of hydrogen-bond donors (Lipinski definition) is 2. The molecule has 1 saturated heterocycles. The number of rotatable bonds is 5. The second-order valence-corrected chi connectivity index (χ2v) is 5.23. The van der Waals surface area contributed by atoms with Crippen molar-refractivity contribution in [3.05, 3.63) is 29.3 Å². The monoisotopic (exact) mass is 246 g/mol. The van der Waals surface area contributed by atoms with Gasteiger partial charge in [-0.2, -0.15) is 0 Å². The predicted octanol–water partition coefficient (Wildman–Crippen LogP) is 2.31. The molecule has 1 unspecified atom stereocenters. The molecule has 2 aliphatic heterocycles. The Morgan fingerprint density at radius 1 is 1.39 bits per heavy atom. The lowest BCUT2D eigenvalue weighted by atomic mass is 10.1. The number of benzene rings is 1. The molecule has 3 rings (SSSR count). The molecule has 0 saturated carbocycles. The number of nitrogens with one attached hydrogen (secondary N) is 2. The number of para-hydroxylation sites is 1. The number of fused-ring (bicyclic) bond motifs is 1. The molecular weight excluding hydrogens is 224 g/mol. The Hall–Kier alpha value is -1.06. The number of hydrogen-bond acceptors (Lipinski definition) is 3. The lowest BCUT2D eigenvalue weighted by Crippen LogP contribution is -2.20. The van der Waals surface area contributed by atoms with E-state index < -0.39 is 0 Å². The van der Waals surface area contributed by atoms with Crippen LogP contribution in [0.2, 0.25) is 0 Å². The molecule has 1 atom stereocenters. The lowest BCUT2D eigenvalue weighted by Gasteiger charge is -2.12. The summed E-state index contributed by atoms with van der Waals surface area (Å²) in [6.45, 7) is 4.06. The second-order valence-electron chi connectivity index (χ2n) is 5.23. The summed E-state index contributed by atoms with van der Waals surface area (Å²) in [5, 5.41) is 7.02. The Labute approximate surface area is 109 Å². The average Bonchev–Trinajstić information content (AvgIpc) is 3.05. The fourth-order valence-corrected chi connectivity index (χ4v) is 2.92. The molecule has 1 aromatic carbocycles. The molecule has 3 nitrogen and oxygen atoms in total. The van der Waals surface area contributed by atoms with Crippen molar-refractivity contribution in [3.8, 4) is 0 Å². The van der Waals surface area contributed by atoms with Crippen molar-refractivity contribution in [1.82, 2.24) is 5.32 Å². The fourth-order valence-electron chi connectivity index (χ4n) is 2.92. The van der Waals surface area contributed by atoms with Crippen LogP contribution >= 0.6 is 0 Å². The SMILES string of the molecule is c1cc2c(c(CNCCC3CCCO3)c1)NCC2. The van der Waals surface area contributed by atoms with Gasteiger partial charge in [-0.05, 0) is 43.4 Å². The van der Waals surface area contributed by atoms with Crippen LogP contribution in [0.1, 0.15) is 30.4 Å². The van der Waals surface area contributed by atoms with Gasteiger partial charge in [0.2, 0.25) is 0 Å². The zero-order chi connectivity index (χ0) is 12.2. The van der Waals surface area contributed by atoms with Gasteiger partial charge >= 0.3 is 0 Å². The van der Waals surface area contributed by atoms with E-state index in [0.717, 1.165) is 32.7 Å². The molecule has 3 heteroatoms. The lowest BCUT2D eigenvalue weighted by molar-refractivity contribution is 0.104. The number of ether oxygens (including phenoxy) is 1. The first-order valence-corrected chi connectivity index (χ1v) is 7.10. The van der Waals surface area contributed by atoms with E-state index in [1.165, 1.54) is 36.1 Å². The molecule has 0 bridgehead atoms. The van der Waals surface area contributed by atoms with Gasteiger partial charge in [-0.1, -0.05) is 18.2 Å². The third kappa shape index (κ3) is 2.68. The summed E-state index contributed by atoms with van der Waals surface area (Å²) in [5.41, 5.74) is 4.23. The quantitative estimate of drug-likeness (QED) is 0.782. The highest BCUT2D eigenvalue weighted by Gasteiger charge is 2.15. The Bertz CT molecular complexity index is 399. The summed E-state index contributed by atoms with van der Waals surface area (Å²) in [4.78, 5) is 0. The summed E-state index contributed by atoms with van der Waals surface area (Å²) >= 11 is 0. The molecule has 2 heterocycles. The van der Waals surface area contributed by atoms with Crippen molar-refractivity contribution < 1.29 is 4.74 Å². The minimum absolute atomic E-state index is 0.497. The highest BCUT2D eigenvalue weighted by Crippen LogP contribution is 2.26. The van der Waals surface area contributed by atoms with Gasteiger partial charge in [0.05, 0.1) is 6.10 Å². The van der Waals surface area contributed by atoms with E-state index in [0.29, 0.717) is 6.10 Å². The smallest absolute Gasteiger partial charge is 0.0588 e. The standard InChI is InChI=1S/C15H22N2O/c1-3-12-6-9-17-15(12)13(4-1)11-16-8-7-14-5-2-10-18-14/h1,3-4,14,16-17H,2,5-11H2. The van der Waals surface area contributed by atoms with Crippen LogP contribution in [0.3, 0.4) is 0 Å². The van der Waals surface area contributed by atoms with Crippen LogP contribution < -0.4 is 10.6 Å². The summed E-state index contributed by atoms with van der Waals surface area (Å²) < 4.78 is 5.63. The maximum atomic E-state index is 5.63. The largest absolute Gasteiger partial charge is 0.384 e. The highest BCUT2D eigenvalue weighted by molar-refractivity contribution is 5.61. The minimum atomic E-state index is 0.497. The molecule has 1 aromatic rings. The van der Waals surface area contributed by atoms with Gasteiger partial charge in [0, 0.05) is 25.4 Å². The third-order valence-electron chi connectivity index (χ3n) is 3.92. The fraction of sp³-hybridized carbons (Fsp3) is 0.600. The van der Waals surface area contributed by atoms with Gasteiger partial charge < -0.3 is 15.4 Å². The maximum absolute atomic E-state index is 5.63. The summed E-state index contributed by atoms with van der Waals surface area (Å²) in [6.07, 6.45) is 5.28.